The van der Waals surface area contributed by atoms with Crippen LogP contribution in [-0.2, 0) is 0 Å². The molecule has 0 aliphatic heterocycles. The second kappa shape index (κ2) is 4.81. The van der Waals surface area contributed by atoms with Gasteiger partial charge in [0.15, 0.2) is 0 Å². The van der Waals surface area contributed by atoms with Crippen LogP contribution in [0.4, 0.5) is 5.69 Å². The summed E-state index contributed by atoms with van der Waals surface area (Å²) in [6, 6.07) is 10.5. The predicted molar refractivity (Wildman–Crippen MR) is 70.2 cm³/mol. The van der Waals surface area contributed by atoms with Crippen LogP contribution in [0.1, 0.15) is 20.7 Å². The van der Waals surface area contributed by atoms with Gasteiger partial charge in [-0.25, -0.2) is 9.59 Å². The van der Waals surface area contributed by atoms with Crippen LogP contribution >= 0.6 is 0 Å². The van der Waals surface area contributed by atoms with Gasteiger partial charge in [0.25, 0.3) is 0 Å². The number of hydrogen-bond acceptors (Lipinski definition) is 3. The highest BCUT2D eigenvalue weighted by Crippen LogP contribution is 2.26. The molecule has 0 bridgehead atoms. The van der Waals surface area contributed by atoms with E-state index in [2.05, 4.69) is 0 Å². The number of aromatic carboxylic acids is 2. The Balaban J connectivity index is 2.64. The standard InChI is InChI=1S/C14H11NO4/c15-10-4-1-8(2-5-10)12-7-9(13(16)17)3-6-11(12)14(18)19/h1-7H,15H2,(H,16,17)(H,18,19). The van der Waals surface area contributed by atoms with Crippen molar-refractivity contribution in [2.24, 2.45) is 0 Å². The van der Waals surface area contributed by atoms with Crippen molar-refractivity contribution in [1.29, 1.82) is 0 Å². The Morgan fingerprint density at radius 3 is 2.05 bits per heavy atom. The first kappa shape index (κ1) is 12.6. The molecule has 0 aromatic heterocycles. The average Bonchev–Trinajstić information content (AvgIpc) is 2.38. The van der Waals surface area contributed by atoms with E-state index in [9.17, 15) is 9.59 Å². The molecule has 5 heteroatoms. The minimum atomic E-state index is -1.11. The molecule has 19 heavy (non-hydrogen) atoms. The molecule has 2 rings (SSSR count). The van der Waals surface area contributed by atoms with E-state index in [1.165, 1.54) is 18.2 Å². The van der Waals surface area contributed by atoms with Gasteiger partial charge in [-0.3, -0.25) is 0 Å². The van der Waals surface area contributed by atoms with Crippen LogP contribution in [0, 0.1) is 0 Å². The summed E-state index contributed by atoms with van der Waals surface area (Å²) in [7, 11) is 0. The van der Waals surface area contributed by atoms with Gasteiger partial charge >= 0.3 is 11.9 Å². The van der Waals surface area contributed by atoms with Gasteiger partial charge in [0, 0.05) is 5.69 Å². The summed E-state index contributed by atoms with van der Waals surface area (Å²) in [5, 5.41) is 18.1. The smallest absolute Gasteiger partial charge is 0.336 e. The molecular weight excluding hydrogens is 246 g/mol. The van der Waals surface area contributed by atoms with E-state index in [4.69, 9.17) is 15.9 Å². The summed E-state index contributed by atoms with van der Waals surface area (Å²) in [5.41, 5.74) is 7.17. The third-order valence-electron chi connectivity index (χ3n) is 2.72. The zero-order valence-electron chi connectivity index (χ0n) is 9.83. The number of anilines is 1. The minimum absolute atomic E-state index is 0.0387. The number of nitrogen functional groups attached to an aromatic ring is 1. The summed E-state index contributed by atoms with van der Waals surface area (Å²) in [6.45, 7) is 0. The van der Waals surface area contributed by atoms with E-state index in [-0.39, 0.29) is 11.1 Å². The fourth-order valence-electron chi connectivity index (χ4n) is 1.77. The first-order chi connectivity index (χ1) is 8.99. The highest BCUT2D eigenvalue weighted by Gasteiger charge is 2.14. The van der Waals surface area contributed by atoms with Crippen molar-refractivity contribution in [3.05, 3.63) is 53.6 Å². The van der Waals surface area contributed by atoms with E-state index >= 15 is 0 Å². The summed E-state index contributed by atoms with van der Waals surface area (Å²) in [4.78, 5) is 22.1. The predicted octanol–water partition coefficient (Wildman–Crippen LogP) is 2.33. The number of rotatable bonds is 3. The first-order valence-electron chi connectivity index (χ1n) is 5.45. The Morgan fingerprint density at radius 2 is 1.53 bits per heavy atom. The number of nitrogens with two attached hydrogens (primary N) is 1. The van der Waals surface area contributed by atoms with Gasteiger partial charge in [0.2, 0.25) is 0 Å². The topological polar surface area (TPSA) is 101 Å². The molecule has 0 heterocycles. The van der Waals surface area contributed by atoms with E-state index in [0.29, 0.717) is 16.8 Å². The van der Waals surface area contributed by atoms with Crippen LogP contribution in [-0.4, -0.2) is 22.2 Å². The molecule has 0 atom stereocenters. The number of carboxylic acid groups (broad SMARTS) is 2. The lowest BCUT2D eigenvalue weighted by Gasteiger charge is -2.08. The quantitative estimate of drug-likeness (QED) is 0.732. The van der Waals surface area contributed by atoms with Crippen molar-refractivity contribution >= 4 is 17.6 Å². The van der Waals surface area contributed by atoms with Crippen molar-refractivity contribution < 1.29 is 19.8 Å². The summed E-state index contributed by atoms with van der Waals surface area (Å²) in [6.07, 6.45) is 0. The summed E-state index contributed by atoms with van der Waals surface area (Å²) in [5.74, 6) is -2.21. The van der Waals surface area contributed by atoms with Crippen molar-refractivity contribution in [3.8, 4) is 11.1 Å². The molecule has 0 radical (unpaired) electrons. The Hall–Kier alpha value is -2.82. The molecule has 2 aromatic rings. The highest BCUT2D eigenvalue weighted by molar-refractivity contribution is 5.99. The molecule has 0 saturated carbocycles. The highest BCUT2D eigenvalue weighted by atomic mass is 16.4. The lowest BCUT2D eigenvalue weighted by atomic mass is 9.97. The fourth-order valence-corrected chi connectivity index (χ4v) is 1.77. The number of carboxylic acids is 2. The van der Waals surface area contributed by atoms with Crippen LogP contribution in [0.5, 0.6) is 0 Å². The van der Waals surface area contributed by atoms with Crippen LogP contribution in [0.15, 0.2) is 42.5 Å². The van der Waals surface area contributed by atoms with Crippen molar-refractivity contribution in [2.75, 3.05) is 5.73 Å². The van der Waals surface area contributed by atoms with Crippen molar-refractivity contribution in [3.63, 3.8) is 0 Å². The monoisotopic (exact) mass is 257 g/mol. The molecule has 0 fully saturated rings. The fraction of sp³-hybridized carbons (Fsp3) is 0. The Morgan fingerprint density at radius 1 is 0.895 bits per heavy atom. The molecule has 0 saturated heterocycles. The first-order valence-corrected chi connectivity index (χ1v) is 5.45. The van der Waals surface area contributed by atoms with Crippen molar-refractivity contribution in [1.82, 2.24) is 0 Å². The maximum atomic E-state index is 11.2. The normalized spacial score (nSPS) is 10.1. The Bertz CT molecular complexity index is 647. The van der Waals surface area contributed by atoms with Crippen LogP contribution in [0.2, 0.25) is 0 Å². The molecule has 5 nitrogen and oxygen atoms in total. The van der Waals surface area contributed by atoms with Gasteiger partial charge < -0.3 is 15.9 Å². The van der Waals surface area contributed by atoms with Crippen LogP contribution in [0.25, 0.3) is 11.1 Å². The molecular formula is C14H11NO4. The van der Waals surface area contributed by atoms with Crippen LogP contribution in [0.3, 0.4) is 0 Å². The van der Waals surface area contributed by atoms with E-state index in [0.717, 1.165) is 0 Å². The van der Waals surface area contributed by atoms with E-state index in [1.54, 1.807) is 24.3 Å². The molecule has 0 aliphatic rings. The number of hydrogen-bond donors (Lipinski definition) is 3. The van der Waals surface area contributed by atoms with E-state index < -0.39 is 11.9 Å². The van der Waals surface area contributed by atoms with Gasteiger partial charge in [-0.2, -0.15) is 0 Å². The minimum Gasteiger partial charge on any atom is -0.478 e. The maximum Gasteiger partial charge on any atom is 0.336 e. The van der Waals surface area contributed by atoms with Gasteiger partial charge in [-0.05, 0) is 41.5 Å². The van der Waals surface area contributed by atoms with Gasteiger partial charge in [-0.15, -0.1) is 0 Å². The molecule has 96 valence electrons. The van der Waals surface area contributed by atoms with Gasteiger partial charge in [0.1, 0.15) is 0 Å². The third-order valence-corrected chi connectivity index (χ3v) is 2.72. The summed E-state index contributed by atoms with van der Waals surface area (Å²) < 4.78 is 0. The molecule has 0 unspecified atom stereocenters. The Labute approximate surface area is 108 Å². The van der Waals surface area contributed by atoms with Gasteiger partial charge in [-0.1, -0.05) is 12.1 Å². The average molecular weight is 257 g/mol. The van der Waals surface area contributed by atoms with Crippen molar-refractivity contribution in [2.45, 2.75) is 0 Å². The number of benzene rings is 2. The molecule has 0 aliphatic carbocycles. The third kappa shape index (κ3) is 2.55. The number of carbonyl (C=O) groups is 2. The van der Waals surface area contributed by atoms with Gasteiger partial charge in [0.05, 0.1) is 11.1 Å². The second-order valence-electron chi connectivity index (χ2n) is 3.99. The largest absolute Gasteiger partial charge is 0.478 e. The second-order valence-corrected chi connectivity index (χ2v) is 3.99. The zero-order valence-corrected chi connectivity index (χ0v) is 9.83. The SMILES string of the molecule is Nc1ccc(-c2cc(C(=O)O)ccc2C(=O)O)cc1. The lowest BCUT2D eigenvalue weighted by Crippen LogP contribution is -2.03. The molecule has 4 N–H and O–H groups in total. The molecule has 0 amide bonds. The Kier molecular flexibility index (Phi) is 3.20. The zero-order chi connectivity index (χ0) is 14.0. The van der Waals surface area contributed by atoms with Crippen LogP contribution < -0.4 is 5.73 Å². The van der Waals surface area contributed by atoms with E-state index in [1.807, 2.05) is 0 Å². The lowest BCUT2D eigenvalue weighted by molar-refractivity contribution is 0.0682. The summed E-state index contributed by atoms with van der Waals surface area (Å²) >= 11 is 0. The molecule has 0 spiro atoms. The maximum absolute atomic E-state index is 11.2. The molecule has 2 aromatic carbocycles.